The molecule has 0 bridgehead atoms. The number of carbonyl (C=O) groups is 2. The Labute approximate surface area is 299 Å². The summed E-state index contributed by atoms with van der Waals surface area (Å²) in [5.41, 5.74) is 0. The van der Waals surface area contributed by atoms with Crippen LogP contribution >= 0.6 is 0 Å². The van der Waals surface area contributed by atoms with Gasteiger partial charge in [-0.2, -0.15) is 0 Å². The van der Waals surface area contributed by atoms with Crippen molar-refractivity contribution < 1.29 is 24.5 Å². The zero-order valence-electron chi connectivity index (χ0n) is 32.8. The number of nitrogens with zero attached hydrogens (tertiary/aromatic N) is 1. The van der Waals surface area contributed by atoms with E-state index in [0.29, 0.717) is 6.42 Å². The van der Waals surface area contributed by atoms with Gasteiger partial charge in [0.25, 0.3) is 6.47 Å². The molecule has 1 unspecified atom stereocenters. The fourth-order valence-electron chi connectivity index (χ4n) is 6.81. The van der Waals surface area contributed by atoms with Crippen LogP contribution in [-0.4, -0.2) is 59.9 Å². The van der Waals surface area contributed by atoms with E-state index in [1.54, 1.807) is 0 Å². The van der Waals surface area contributed by atoms with Crippen LogP contribution in [0.25, 0.3) is 0 Å². The minimum absolute atomic E-state index is 0.00802. The summed E-state index contributed by atoms with van der Waals surface area (Å²) in [5, 5.41) is 16.5. The summed E-state index contributed by atoms with van der Waals surface area (Å²) < 4.78 is 5.79. The highest BCUT2D eigenvalue weighted by Gasteiger charge is 2.13. The van der Waals surface area contributed by atoms with Crippen LogP contribution in [0.4, 0.5) is 0 Å². The second kappa shape index (κ2) is 42.0. The quantitative estimate of drug-likeness (QED) is 0.0385. The number of carboxylic acid groups (broad SMARTS) is 1. The van der Waals surface area contributed by atoms with E-state index in [9.17, 15) is 9.90 Å². The maximum absolute atomic E-state index is 12.4. The first-order valence-electron chi connectivity index (χ1n) is 21.1. The molecule has 0 amide bonds. The third-order valence-electron chi connectivity index (χ3n) is 9.92. The fourth-order valence-corrected chi connectivity index (χ4v) is 6.81. The van der Waals surface area contributed by atoms with Crippen molar-refractivity contribution in [1.29, 1.82) is 0 Å². The van der Waals surface area contributed by atoms with E-state index < -0.39 is 0 Å². The lowest BCUT2D eigenvalue weighted by atomic mass is 9.89. The molecule has 0 radical (unpaired) electrons. The van der Waals surface area contributed by atoms with Crippen LogP contribution in [0.5, 0.6) is 0 Å². The first-order valence-corrected chi connectivity index (χ1v) is 21.1. The van der Waals surface area contributed by atoms with Crippen LogP contribution in [0.15, 0.2) is 0 Å². The maximum Gasteiger partial charge on any atom is 0.306 e. The molecule has 0 aromatic heterocycles. The molecule has 0 fully saturated rings. The molecule has 48 heavy (non-hydrogen) atoms. The van der Waals surface area contributed by atoms with Crippen molar-refractivity contribution in [2.75, 3.05) is 26.2 Å². The molecule has 0 saturated heterocycles. The molecule has 0 aliphatic rings. The average Bonchev–Trinajstić information content (AvgIpc) is 3.08. The molecule has 0 aromatic rings. The predicted molar refractivity (Wildman–Crippen MR) is 207 cm³/mol. The molecule has 0 aliphatic carbocycles. The zero-order chi connectivity index (χ0) is 35.8. The molecular formula is C42H85NO5. The monoisotopic (exact) mass is 684 g/mol. The lowest BCUT2D eigenvalue weighted by Gasteiger charge is -2.22. The standard InChI is InChI=1S/C41H83NO3.CH2O2/c1-5-9-12-15-18-23-30-39(31-24-19-16-13-10-6-2)32-25-21-28-35-42(37-38-43)36-29-22-27-34-41(44)45-40(8-4)33-26-20-17-14-11-7-3;2-1-3/h39-40,43H,5-38H2,1-4H3;1H,(H,2,3). The third kappa shape index (κ3) is 37.7. The Morgan fingerprint density at radius 1 is 0.562 bits per heavy atom. The number of hydrogen-bond acceptors (Lipinski definition) is 5. The van der Waals surface area contributed by atoms with Gasteiger partial charge in [0.1, 0.15) is 6.10 Å². The van der Waals surface area contributed by atoms with Crippen LogP contribution in [-0.2, 0) is 14.3 Å². The Morgan fingerprint density at radius 3 is 1.35 bits per heavy atom. The van der Waals surface area contributed by atoms with E-state index in [2.05, 4.69) is 32.6 Å². The van der Waals surface area contributed by atoms with Crippen LogP contribution in [0.3, 0.4) is 0 Å². The molecule has 0 saturated carbocycles. The number of rotatable bonds is 37. The Morgan fingerprint density at radius 2 is 0.938 bits per heavy atom. The average molecular weight is 684 g/mol. The summed E-state index contributed by atoms with van der Waals surface area (Å²) in [6.07, 6.45) is 38.5. The van der Waals surface area contributed by atoms with Crippen molar-refractivity contribution in [3.63, 3.8) is 0 Å². The normalized spacial score (nSPS) is 11.9. The number of esters is 1. The van der Waals surface area contributed by atoms with E-state index in [1.807, 2.05) is 0 Å². The molecule has 0 rings (SSSR count). The highest BCUT2D eigenvalue weighted by molar-refractivity contribution is 5.69. The van der Waals surface area contributed by atoms with Crippen molar-refractivity contribution in [2.45, 2.75) is 226 Å². The van der Waals surface area contributed by atoms with Gasteiger partial charge in [0.15, 0.2) is 0 Å². The lowest BCUT2D eigenvalue weighted by Crippen LogP contribution is -2.29. The van der Waals surface area contributed by atoms with Crippen molar-refractivity contribution >= 4 is 12.4 Å². The predicted octanol–water partition coefficient (Wildman–Crippen LogP) is 12.3. The molecule has 1 atom stereocenters. The fraction of sp³-hybridized carbons (Fsp3) is 0.952. The summed E-state index contributed by atoms with van der Waals surface area (Å²) in [6.45, 7) is 11.9. The molecular weight excluding hydrogens is 598 g/mol. The Hall–Kier alpha value is -1.14. The van der Waals surface area contributed by atoms with Crippen molar-refractivity contribution in [3.05, 3.63) is 0 Å². The topological polar surface area (TPSA) is 87.1 Å². The van der Waals surface area contributed by atoms with Crippen LogP contribution < -0.4 is 0 Å². The van der Waals surface area contributed by atoms with Gasteiger partial charge < -0.3 is 19.8 Å². The molecule has 2 N–H and O–H groups in total. The zero-order valence-corrected chi connectivity index (χ0v) is 32.8. The SMILES string of the molecule is CCCCCCCCC(CCCCCCCC)CCCCCN(CCO)CCCCCC(=O)OC(CC)CCCCCCCC.O=CO. The Kier molecular flexibility index (Phi) is 42.9. The molecule has 6 heteroatoms. The van der Waals surface area contributed by atoms with E-state index in [1.165, 1.54) is 154 Å². The van der Waals surface area contributed by atoms with Crippen molar-refractivity contribution in [2.24, 2.45) is 5.92 Å². The third-order valence-corrected chi connectivity index (χ3v) is 9.92. The summed E-state index contributed by atoms with van der Waals surface area (Å²) >= 11 is 0. The van der Waals surface area contributed by atoms with E-state index in [0.717, 1.165) is 57.7 Å². The highest BCUT2D eigenvalue weighted by Crippen LogP contribution is 2.24. The number of aliphatic hydroxyl groups excluding tert-OH is 1. The summed E-state index contributed by atoms with van der Waals surface area (Å²) in [5.74, 6) is 0.928. The smallest absolute Gasteiger partial charge is 0.306 e. The van der Waals surface area contributed by atoms with E-state index in [4.69, 9.17) is 14.6 Å². The number of aliphatic hydroxyl groups is 1. The highest BCUT2D eigenvalue weighted by atomic mass is 16.5. The van der Waals surface area contributed by atoms with Gasteiger partial charge in [-0.25, -0.2) is 0 Å². The van der Waals surface area contributed by atoms with Crippen molar-refractivity contribution in [1.82, 2.24) is 4.90 Å². The number of carbonyl (C=O) groups excluding carboxylic acids is 1. The van der Waals surface area contributed by atoms with Crippen molar-refractivity contribution in [3.8, 4) is 0 Å². The second-order valence-electron chi connectivity index (χ2n) is 14.4. The number of hydrogen-bond donors (Lipinski definition) is 2. The van der Waals surface area contributed by atoms with Gasteiger partial charge >= 0.3 is 5.97 Å². The summed E-state index contributed by atoms with van der Waals surface area (Å²) in [7, 11) is 0. The van der Waals surface area contributed by atoms with Gasteiger partial charge in [0, 0.05) is 13.0 Å². The Balaban J connectivity index is 0. The molecule has 0 aliphatic heterocycles. The molecule has 288 valence electrons. The molecule has 0 spiro atoms. The maximum atomic E-state index is 12.4. The largest absolute Gasteiger partial charge is 0.483 e. The van der Waals surface area contributed by atoms with Gasteiger partial charge in [-0.3, -0.25) is 9.59 Å². The molecule has 0 aromatic carbocycles. The first kappa shape index (κ1) is 49.0. The van der Waals surface area contributed by atoms with Crippen LogP contribution in [0.2, 0.25) is 0 Å². The number of unbranched alkanes of at least 4 members (excludes halogenated alkanes) is 19. The van der Waals surface area contributed by atoms with Gasteiger partial charge in [-0.05, 0) is 57.5 Å². The molecule has 6 nitrogen and oxygen atoms in total. The van der Waals surface area contributed by atoms with Crippen LogP contribution in [0.1, 0.15) is 220 Å². The van der Waals surface area contributed by atoms with Gasteiger partial charge in [0.05, 0.1) is 6.61 Å². The summed E-state index contributed by atoms with van der Waals surface area (Å²) in [6, 6.07) is 0. The van der Waals surface area contributed by atoms with E-state index >= 15 is 0 Å². The van der Waals surface area contributed by atoms with Gasteiger partial charge in [0.2, 0.25) is 0 Å². The van der Waals surface area contributed by atoms with Gasteiger partial charge in [-0.1, -0.05) is 175 Å². The first-order chi connectivity index (χ1) is 23.5. The van der Waals surface area contributed by atoms with Crippen LogP contribution in [0, 0.1) is 5.92 Å². The second-order valence-corrected chi connectivity index (χ2v) is 14.4. The lowest BCUT2D eigenvalue weighted by molar-refractivity contribution is -0.149. The number of ether oxygens (including phenoxy) is 1. The minimum atomic E-state index is -0.250. The summed E-state index contributed by atoms with van der Waals surface area (Å²) in [4.78, 5) is 23.2. The minimum Gasteiger partial charge on any atom is -0.483 e. The van der Waals surface area contributed by atoms with E-state index in [-0.39, 0.29) is 25.2 Å². The Bertz CT molecular complexity index is 615. The molecule has 0 heterocycles. The van der Waals surface area contributed by atoms with Gasteiger partial charge in [-0.15, -0.1) is 0 Å².